The highest BCUT2D eigenvalue weighted by atomic mass is 16.3. The van der Waals surface area contributed by atoms with Crippen LogP contribution in [-0.2, 0) is 9.59 Å². The number of ketones is 2. The summed E-state index contributed by atoms with van der Waals surface area (Å²) < 4.78 is 0. The monoisotopic (exact) mass is 182 g/mol. The third-order valence-corrected chi connectivity index (χ3v) is 2.40. The lowest BCUT2D eigenvalue weighted by Gasteiger charge is -2.23. The van der Waals surface area contributed by atoms with Gasteiger partial charge in [-0.1, -0.05) is 20.8 Å². The van der Waals surface area contributed by atoms with E-state index in [9.17, 15) is 14.7 Å². The Bertz CT molecular complexity index is 276. The minimum atomic E-state index is -1.14. The third-order valence-electron chi connectivity index (χ3n) is 2.40. The van der Waals surface area contributed by atoms with Crippen LogP contribution >= 0.6 is 0 Å². The van der Waals surface area contributed by atoms with E-state index >= 15 is 0 Å². The SMILES string of the molecule is CC(C)C1=CC(=O)[C@H](C)[C@@H](O)C1=O. The summed E-state index contributed by atoms with van der Waals surface area (Å²) in [5, 5.41) is 9.42. The Morgan fingerprint density at radius 2 is 1.92 bits per heavy atom. The van der Waals surface area contributed by atoms with Crippen LogP contribution in [0.25, 0.3) is 0 Å². The van der Waals surface area contributed by atoms with E-state index < -0.39 is 12.0 Å². The molecule has 0 unspecified atom stereocenters. The fourth-order valence-electron chi connectivity index (χ4n) is 1.36. The lowest BCUT2D eigenvalue weighted by molar-refractivity contribution is -0.134. The number of hydrogen-bond acceptors (Lipinski definition) is 3. The average Bonchev–Trinajstić information content (AvgIpc) is 2.07. The summed E-state index contributed by atoms with van der Waals surface area (Å²) in [7, 11) is 0. The van der Waals surface area contributed by atoms with Crippen molar-refractivity contribution < 1.29 is 14.7 Å². The molecule has 0 spiro atoms. The topological polar surface area (TPSA) is 54.4 Å². The molecular weight excluding hydrogens is 168 g/mol. The molecule has 1 rings (SSSR count). The van der Waals surface area contributed by atoms with Gasteiger partial charge in [-0.3, -0.25) is 9.59 Å². The first-order valence-corrected chi connectivity index (χ1v) is 4.43. The van der Waals surface area contributed by atoms with E-state index in [0.29, 0.717) is 5.57 Å². The Morgan fingerprint density at radius 3 is 2.38 bits per heavy atom. The number of Topliss-reactive ketones (excluding diaryl/α,β-unsaturated/α-hetero) is 1. The van der Waals surface area contributed by atoms with Crippen LogP contribution in [0.4, 0.5) is 0 Å². The van der Waals surface area contributed by atoms with E-state index in [4.69, 9.17) is 0 Å². The van der Waals surface area contributed by atoms with Crippen LogP contribution in [0.3, 0.4) is 0 Å². The molecule has 3 heteroatoms. The van der Waals surface area contributed by atoms with Gasteiger partial charge >= 0.3 is 0 Å². The van der Waals surface area contributed by atoms with Gasteiger partial charge in [-0.15, -0.1) is 0 Å². The number of carbonyl (C=O) groups excluding carboxylic acids is 2. The van der Waals surface area contributed by atoms with Crippen molar-refractivity contribution in [3.05, 3.63) is 11.6 Å². The van der Waals surface area contributed by atoms with Crippen molar-refractivity contribution in [2.75, 3.05) is 0 Å². The summed E-state index contributed by atoms with van der Waals surface area (Å²) in [4.78, 5) is 22.7. The van der Waals surface area contributed by atoms with Gasteiger partial charge in [0.05, 0.1) is 5.92 Å². The number of allylic oxidation sites excluding steroid dienone is 1. The zero-order chi connectivity index (χ0) is 10.2. The van der Waals surface area contributed by atoms with Crippen molar-refractivity contribution in [3.8, 4) is 0 Å². The lowest BCUT2D eigenvalue weighted by Crippen LogP contribution is -2.38. The Kier molecular flexibility index (Phi) is 2.66. The molecule has 2 atom stereocenters. The van der Waals surface area contributed by atoms with Crippen LogP contribution < -0.4 is 0 Å². The first-order valence-electron chi connectivity index (χ1n) is 4.43. The van der Waals surface area contributed by atoms with Gasteiger partial charge in [0.2, 0.25) is 0 Å². The fourth-order valence-corrected chi connectivity index (χ4v) is 1.36. The first-order chi connectivity index (χ1) is 5.95. The van der Waals surface area contributed by atoms with Crippen LogP contribution in [0.2, 0.25) is 0 Å². The molecule has 0 saturated heterocycles. The second-order valence-electron chi connectivity index (χ2n) is 3.75. The predicted octanol–water partition coefficient (Wildman–Crippen LogP) is 0.718. The van der Waals surface area contributed by atoms with Gasteiger partial charge < -0.3 is 5.11 Å². The van der Waals surface area contributed by atoms with E-state index in [1.807, 2.05) is 13.8 Å². The minimum Gasteiger partial charge on any atom is -0.384 e. The van der Waals surface area contributed by atoms with Gasteiger partial charge in [0.15, 0.2) is 11.6 Å². The normalized spacial score (nSPS) is 29.5. The second kappa shape index (κ2) is 3.42. The maximum absolute atomic E-state index is 11.5. The molecule has 72 valence electrons. The number of carbonyl (C=O) groups is 2. The lowest BCUT2D eigenvalue weighted by atomic mass is 9.82. The van der Waals surface area contributed by atoms with Crippen molar-refractivity contribution in [2.45, 2.75) is 26.9 Å². The molecule has 3 nitrogen and oxygen atoms in total. The molecule has 0 aliphatic heterocycles. The Labute approximate surface area is 77.4 Å². The maximum atomic E-state index is 11.5. The summed E-state index contributed by atoms with van der Waals surface area (Å²) in [6, 6.07) is 0. The molecule has 0 radical (unpaired) electrons. The number of aliphatic hydroxyl groups excluding tert-OH is 1. The highest BCUT2D eigenvalue weighted by Crippen LogP contribution is 2.22. The molecular formula is C10H14O3. The van der Waals surface area contributed by atoms with Crippen LogP contribution in [0.5, 0.6) is 0 Å². The van der Waals surface area contributed by atoms with Crippen molar-refractivity contribution in [3.63, 3.8) is 0 Å². The van der Waals surface area contributed by atoms with Gasteiger partial charge in [0, 0.05) is 5.57 Å². The molecule has 13 heavy (non-hydrogen) atoms. The smallest absolute Gasteiger partial charge is 0.188 e. The Morgan fingerprint density at radius 1 is 1.38 bits per heavy atom. The van der Waals surface area contributed by atoms with Crippen molar-refractivity contribution in [1.29, 1.82) is 0 Å². The van der Waals surface area contributed by atoms with Crippen LogP contribution in [0.15, 0.2) is 11.6 Å². The summed E-state index contributed by atoms with van der Waals surface area (Å²) in [5.74, 6) is -1.05. The minimum absolute atomic E-state index is 0.00130. The molecule has 0 aromatic rings. The van der Waals surface area contributed by atoms with Gasteiger partial charge in [-0.2, -0.15) is 0 Å². The molecule has 0 saturated carbocycles. The van der Waals surface area contributed by atoms with Crippen molar-refractivity contribution >= 4 is 11.6 Å². The molecule has 1 N–H and O–H groups in total. The average molecular weight is 182 g/mol. The number of rotatable bonds is 1. The highest BCUT2D eigenvalue weighted by Gasteiger charge is 2.34. The van der Waals surface area contributed by atoms with Gasteiger partial charge in [-0.05, 0) is 12.0 Å². The molecule has 1 aliphatic carbocycles. The Balaban J connectivity index is 3.05. The third kappa shape index (κ3) is 1.70. The highest BCUT2D eigenvalue weighted by molar-refractivity contribution is 6.11. The molecule has 0 fully saturated rings. The van der Waals surface area contributed by atoms with Crippen molar-refractivity contribution in [2.24, 2.45) is 11.8 Å². The van der Waals surface area contributed by atoms with E-state index in [1.54, 1.807) is 6.92 Å². The molecule has 0 aromatic heterocycles. The number of hydrogen-bond donors (Lipinski definition) is 1. The fraction of sp³-hybridized carbons (Fsp3) is 0.600. The molecule has 0 amide bonds. The molecule has 0 bridgehead atoms. The maximum Gasteiger partial charge on any atom is 0.188 e. The van der Waals surface area contributed by atoms with Gasteiger partial charge in [0.1, 0.15) is 6.10 Å². The van der Waals surface area contributed by atoms with E-state index in [0.717, 1.165) is 0 Å². The summed E-state index contributed by atoms with van der Waals surface area (Å²) in [6.45, 7) is 5.23. The largest absolute Gasteiger partial charge is 0.384 e. The molecule has 1 aliphatic rings. The van der Waals surface area contributed by atoms with Gasteiger partial charge in [-0.25, -0.2) is 0 Å². The number of aliphatic hydroxyl groups is 1. The summed E-state index contributed by atoms with van der Waals surface area (Å²) >= 11 is 0. The summed E-state index contributed by atoms with van der Waals surface area (Å²) in [6.07, 6.45) is 0.222. The first kappa shape index (κ1) is 10.1. The van der Waals surface area contributed by atoms with E-state index in [2.05, 4.69) is 0 Å². The Hall–Kier alpha value is -0.960. The predicted molar refractivity (Wildman–Crippen MR) is 48.1 cm³/mol. The standard InChI is InChI=1S/C10H14O3/c1-5(2)7-4-8(11)6(3)9(12)10(7)13/h4-6,9,12H,1-3H3/t6-,9+/m0/s1. The van der Waals surface area contributed by atoms with Crippen molar-refractivity contribution in [1.82, 2.24) is 0 Å². The zero-order valence-electron chi connectivity index (χ0n) is 8.07. The van der Waals surface area contributed by atoms with Crippen LogP contribution in [0.1, 0.15) is 20.8 Å². The van der Waals surface area contributed by atoms with E-state index in [1.165, 1.54) is 6.08 Å². The van der Waals surface area contributed by atoms with E-state index in [-0.39, 0.29) is 17.5 Å². The molecule has 0 aromatic carbocycles. The van der Waals surface area contributed by atoms with Crippen LogP contribution in [-0.4, -0.2) is 22.8 Å². The van der Waals surface area contributed by atoms with Crippen LogP contribution in [0, 0.1) is 11.8 Å². The molecule has 0 heterocycles. The second-order valence-corrected chi connectivity index (χ2v) is 3.75. The quantitative estimate of drug-likeness (QED) is 0.650. The summed E-state index contributed by atoms with van der Waals surface area (Å²) in [5.41, 5.74) is 0.440. The zero-order valence-corrected chi connectivity index (χ0v) is 8.07. The van der Waals surface area contributed by atoms with Gasteiger partial charge in [0.25, 0.3) is 0 Å².